The zero-order valence-electron chi connectivity index (χ0n) is 10.1. The first-order valence-electron chi connectivity index (χ1n) is 5.94. The minimum absolute atomic E-state index is 0.180. The third kappa shape index (κ3) is 2.58. The van der Waals surface area contributed by atoms with Crippen molar-refractivity contribution in [3.05, 3.63) is 23.8 Å². The number of rotatable bonds is 3. The summed E-state index contributed by atoms with van der Waals surface area (Å²) in [6, 6.07) is 5.86. The molecule has 0 saturated heterocycles. The number of hydrogen-bond donors (Lipinski definition) is 1. The molecular weight excluding hydrogens is 216 g/mol. The van der Waals surface area contributed by atoms with Gasteiger partial charge < -0.3 is 15.4 Å². The van der Waals surface area contributed by atoms with Crippen LogP contribution in [0.3, 0.4) is 0 Å². The van der Waals surface area contributed by atoms with Crippen molar-refractivity contribution in [2.45, 2.75) is 19.3 Å². The van der Waals surface area contributed by atoms with E-state index in [1.54, 1.807) is 4.90 Å². The Balaban J connectivity index is 2.26. The number of nitrogens with two attached hydrogens (primary N) is 1. The predicted molar refractivity (Wildman–Crippen MR) is 67.3 cm³/mol. The zero-order valence-corrected chi connectivity index (χ0v) is 10.1. The van der Waals surface area contributed by atoms with Crippen molar-refractivity contribution in [2.24, 2.45) is 5.73 Å². The summed E-state index contributed by atoms with van der Waals surface area (Å²) in [4.78, 5) is 13.4. The lowest BCUT2D eigenvalue weighted by molar-refractivity contribution is -0.118. The van der Waals surface area contributed by atoms with Crippen LogP contribution in [0.4, 0.5) is 5.69 Å². The van der Waals surface area contributed by atoms with E-state index < -0.39 is 0 Å². The fraction of sp³-hybridized carbons (Fsp3) is 0.462. The lowest BCUT2D eigenvalue weighted by Gasteiger charge is -2.18. The molecule has 1 aromatic carbocycles. The second kappa shape index (κ2) is 5.19. The molecule has 2 N–H and O–H groups in total. The van der Waals surface area contributed by atoms with E-state index in [0.29, 0.717) is 19.6 Å². The van der Waals surface area contributed by atoms with Crippen molar-refractivity contribution < 1.29 is 9.53 Å². The SMILES string of the molecule is CN1C(=O)CCCc2cc(OCCN)ccc21. The number of nitrogens with zero attached hydrogens (tertiary/aromatic N) is 1. The van der Waals surface area contributed by atoms with Crippen LogP contribution in [0.15, 0.2) is 18.2 Å². The quantitative estimate of drug-likeness (QED) is 0.858. The number of aryl methyl sites for hydroxylation is 1. The molecule has 2 rings (SSSR count). The van der Waals surface area contributed by atoms with Gasteiger partial charge in [-0.15, -0.1) is 0 Å². The Kier molecular flexibility index (Phi) is 3.64. The lowest BCUT2D eigenvalue weighted by atomic mass is 10.1. The summed E-state index contributed by atoms with van der Waals surface area (Å²) in [5.74, 6) is 1.01. The number of hydrogen-bond acceptors (Lipinski definition) is 3. The van der Waals surface area contributed by atoms with Crippen molar-refractivity contribution in [3.63, 3.8) is 0 Å². The summed E-state index contributed by atoms with van der Waals surface area (Å²) in [5, 5.41) is 0. The van der Waals surface area contributed by atoms with E-state index >= 15 is 0 Å². The first kappa shape index (κ1) is 11.9. The van der Waals surface area contributed by atoms with Gasteiger partial charge in [-0.25, -0.2) is 0 Å². The molecule has 92 valence electrons. The number of carbonyl (C=O) groups excluding carboxylic acids is 1. The van der Waals surface area contributed by atoms with Crippen LogP contribution in [-0.4, -0.2) is 26.1 Å². The summed E-state index contributed by atoms with van der Waals surface area (Å²) < 4.78 is 5.50. The highest BCUT2D eigenvalue weighted by atomic mass is 16.5. The molecule has 0 unspecified atom stereocenters. The highest BCUT2D eigenvalue weighted by molar-refractivity contribution is 5.94. The van der Waals surface area contributed by atoms with Crippen molar-refractivity contribution in [1.82, 2.24) is 0 Å². The fourth-order valence-electron chi connectivity index (χ4n) is 2.09. The van der Waals surface area contributed by atoms with E-state index in [1.165, 1.54) is 5.56 Å². The monoisotopic (exact) mass is 234 g/mol. The maximum Gasteiger partial charge on any atom is 0.226 e. The molecule has 4 heteroatoms. The normalized spacial score (nSPS) is 15.4. The number of fused-ring (bicyclic) bond motifs is 1. The Bertz CT molecular complexity index is 418. The molecule has 0 bridgehead atoms. The molecular formula is C13H18N2O2. The van der Waals surface area contributed by atoms with Crippen LogP contribution in [0.2, 0.25) is 0 Å². The van der Waals surface area contributed by atoms with Gasteiger partial charge in [0.25, 0.3) is 0 Å². The summed E-state index contributed by atoms with van der Waals surface area (Å²) >= 11 is 0. The van der Waals surface area contributed by atoms with Gasteiger partial charge in [0.2, 0.25) is 5.91 Å². The van der Waals surface area contributed by atoms with E-state index in [0.717, 1.165) is 24.3 Å². The minimum Gasteiger partial charge on any atom is -0.492 e. The third-order valence-electron chi connectivity index (χ3n) is 3.01. The highest BCUT2D eigenvalue weighted by Gasteiger charge is 2.18. The van der Waals surface area contributed by atoms with Gasteiger partial charge in [-0.2, -0.15) is 0 Å². The maximum atomic E-state index is 11.7. The van der Waals surface area contributed by atoms with Gasteiger partial charge >= 0.3 is 0 Å². The molecule has 0 atom stereocenters. The summed E-state index contributed by atoms with van der Waals surface area (Å²) in [7, 11) is 1.83. The fourth-order valence-corrected chi connectivity index (χ4v) is 2.09. The molecule has 0 fully saturated rings. The van der Waals surface area contributed by atoms with E-state index in [4.69, 9.17) is 10.5 Å². The van der Waals surface area contributed by atoms with E-state index in [-0.39, 0.29) is 5.91 Å². The number of carbonyl (C=O) groups is 1. The van der Waals surface area contributed by atoms with Crippen LogP contribution >= 0.6 is 0 Å². The van der Waals surface area contributed by atoms with Gasteiger partial charge in [0.1, 0.15) is 12.4 Å². The van der Waals surface area contributed by atoms with Gasteiger partial charge in [0, 0.05) is 25.7 Å². The lowest BCUT2D eigenvalue weighted by Crippen LogP contribution is -2.24. The zero-order chi connectivity index (χ0) is 12.3. The van der Waals surface area contributed by atoms with Crippen molar-refractivity contribution >= 4 is 11.6 Å². The Morgan fingerprint density at radius 3 is 3.00 bits per heavy atom. The highest BCUT2D eigenvalue weighted by Crippen LogP contribution is 2.29. The van der Waals surface area contributed by atoms with Gasteiger partial charge in [-0.3, -0.25) is 4.79 Å². The molecule has 1 aliphatic heterocycles. The van der Waals surface area contributed by atoms with Gasteiger partial charge in [0.15, 0.2) is 0 Å². The summed E-state index contributed by atoms with van der Waals surface area (Å²) in [5.41, 5.74) is 7.57. The molecule has 1 aromatic rings. The van der Waals surface area contributed by atoms with E-state index in [9.17, 15) is 4.79 Å². The second-order valence-corrected chi connectivity index (χ2v) is 4.23. The van der Waals surface area contributed by atoms with E-state index in [2.05, 4.69) is 0 Å². The molecule has 0 aromatic heterocycles. The third-order valence-corrected chi connectivity index (χ3v) is 3.01. The van der Waals surface area contributed by atoms with Crippen LogP contribution in [0.1, 0.15) is 18.4 Å². The minimum atomic E-state index is 0.180. The van der Waals surface area contributed by atoms with Crippen LogP contribution in [-0.2, 0) is 11.2 Å². The van der Waals surface area contributed by atoms with Crippen molar-refractivity contribution in [3.8, 4) is 5.75 Å². The topological polar surface area (TPSA) is 55.6 Å². The molecule has 0 radical (unpaired) electrons. The molecule has 1 aliphatic rings. The van der Waals surface area contributed by atoms with Crippen LogP contribution < -0.4 is 15.4 Å². The number of ether oxygens (including phenoxy) is 1. The Morgan fingerprint density at radius 2 is 2.24 bits per heavy atom. The molecule has 4 nitrogen and oxygen atoms in total. The molecule has 1 heterocycles. The number of anilines is 1. The summed E-state index contributed by atoms with van der Waals surface area (Å²) in [6.45, 7) is 1.03. The average Bonchev–Trinajstić information content (AvgIpc) is 2.48. The molecule has 0 saturated carbocycles. The summed E-state index contributed by atoms with van der Waals surface area (Å²) in [6.07, 6.45) is 2.44. The Labute approximate surface area is 101 Å². The molecule has 1 amide bonds. The van der Waals surface area contributed by atoms with Crippen LogP contribution in [0.25, 0.3) is 0 Å². The molecule has 0 aliphatic carbocycles. The Morgan fingerprint density at radius 1 is 1.41 bits per heavy atom. The van der Waals surface area contributed by atoms with Crippen molar-refractivity contribution in [1.29, 1.82) is 0 Å². The Hall–Kier alpha value is -1.55. The van der Waals surface area contributed by atoms with Crippen molar-refractivity contribution in [2.75, 3.05) is 25.1 Å². The second-order valence-electron chi connectivity index (χ2n) is 4.23. The van der Waals surface area contributed by atoms with Gasteiger partial charge in [0.05, 0.1) is 0 Å². The maximum absolute atomic E-state index is 11.7. The first-order valence-corrected chi connectivity index (χ1v) is 5.94. The van der Waals surface area contributed by atoms with Gasteiger partial charge in [-0.05, 0) is 36.6 Å². The van der Waals surface area contributed by atoms with Gasteiger partial charge in [-0.1, -0.05) is 0 Å². The predicted octanol–water partition coefficient (Wildman–Crippen LogP) is 1.32. The number of benzene rings is 1. The van der Waals surface area contributed by atoms with Crippen LogP contribution in [0, 0.1) is 0 Å². The largest absolute Gasteiger partial charge is 0.492 e. The standard InChI is InChI=1S/C13H18N2O2/c1-15-12-6-5-11(17-8-7-14)9-10(12)3-2-4-13(15)16/h5-6,9H,2-4,7-8,14H2,1H3. The first-order chi connectivity index (χ1) is 8.22. The molecule has 0 spiro atoms. The van der Waals surface area contributed by atoms with Crippen LogP contribution in [0.5, 0.6) is 5.75 Å². The van der Waals surface area contributed by atoms with E-state index in [1.807, 2.05) is 25.2 Å². The smallest absolute Gasteiger partial charge is 0.226 e. The number of amides is 1. The molecule has 17 heavy (non-hydrogen) atoms. The average molecular weight is 234 g/mol.